The molecule has 116 heavy (non-hydrogen) atoms. The molecule has 2 N–H and O–H groups in total. The molecule has 0 aromatic heterocycles. The number of aliphatic hydroxyl groups excluding tert-OH is 1. The minimum atomic E-state index is -2.27. The van der Waals surface area contributed by atoms with Gasteiger partial charge in [0.15, 0.2) is 24.8 Å². The van der Waals surface area contributed by atoms with Gasteiger partial charge in [0.05, 0.1) is 65.1 Å². The Hall–Kier alpha value is -9.96. The van der Waals surface area contributed by atoms with Crippen molar-refractivity contribution in [2.24, 2.45) is 0 Å². The van der Waals surface area contributed by atoms with Crippen LogP contribution in [0.1, 0.15) is 69.2 Å². The van der Waals surface area contributed by atoms with E-state index in [1.807, 2.05) is 97.9 Å². The third kappa shape index (κ3) is 23.7. The van der Waals surface area contributed by atoms with Crippen molar-refractivity contribution in [1.29, 1.82) is 0 Å². The quantitative estimate of drug-likeness (QED) is 0.0127. The fourth-order valence-electron chi connectivity index (χ4n) is 12.8. The van der Waals surface area contributed by atoms with Gasteiger partial charge < -0.3 is 76.7 Å². The van der Waals surface area contributed by atoms with Gasteiger partial charge >= 0.3 is 30.0 Å². The molecule has 27 nitrogen and oxygen atoms in total. The number of halogens is 4. The molecule has 9 aromatic rings. The highest BCUT2D eigenvalue weighted by Gasteiger charge is 2.59. The molecule has 12 rings (SSSR count). The summed E-state index contributed by atoms with van der Waals surface area (Å²) in [7, 11) is 0. The van der Waals surface area contributed by atoms with Crippen LogP contribution in [0.4, 0.5) is 16.2 Å². The van der Waals surface area contributed by atoms with Gasteiger partial charge in [-0.15, -0.1) is 0 Å². The standard InChI is InChI=1S/C84H77Cl4N3O24S/c1-51-31-41-62(42-32-51)116-82-75(105-46-59-29-17-18-30-63(59)85)74(71(113-79(96)58-35-39-61(40-36-58)91(100)101)66(111-82)49-107-77(94)57-33-37-60(38-34-57)90(98)99)115-80-67(89-83(97)108-50-84(86,87)88)72(70(112-78(95)56-27-15-6-16-28-56)65(109-80)48-106-76(93)55-25-13-5-14-26-55)114-81-68(92)73(104-45-54-23-11-4-12-24-54)69(103-44-53-21-9-3-10-22-53)64(110-81)47-102-43-52-19-7-2-8-20-52/h2-42,64-75,80-82,92H,43-50H2,1H3,(H,89,97)/t64-,65-,66-,67-,68-,69+,70+,71+,72-,73-,74+,75-,80+,81+,82+/m1/s1. The number of benzene rings is 9. The van der Waals surface area contributed by atoms with Gasteiger partial charge in [-0.25, -0.2) is 24.0 Å². The van der Waals surface area contributed by atoms with Crippen molar-refractivity contribution in [3.8, 4) is 0 Å². The van der Waals surface area contributed by atoms with Gasteiger partial charge in [-0.3, -0.25) is 20.2 Å². The number of nitro groups is 2. The zero-order valence-corrected chi connectivity index (χ0v) is 65.5. The summed E-state index contributed by atoms with van der Waals surface area (Å²) in [6.07, 6.45) is -24.4. The van der Waals surface area contributed by atoms with Crippen molar-refractivity contribution in [2.45, 2.75) is 133 Å². The van der Waals surface area contributed by atoms with E-state index in [4.69, 9.17) is 113 Å². The number of rotatable bonds is 33. The van der Waals surface area contributed by atoms with E-state index in [1.54, 1.807) is 84.9 Å². The lowest BCUT2D eigenvalue weighted by atomic mass is 9.94. The van der Waals surface area contributed by atoms with Crippen LogP contribution >= 0.6 is 58.2 Å². The Morgan fingerprint density at radius 2 is 0.888 bits per heavy atom. The minimum absolute atomic E-state index is 0.0375. The summed E-state index contributed by atoms with van der Waals surface area (Å²) in [4.78, 5) is 97.3. The maximum Gasteiger partial charge on any atom is 0.407 e. The van der Waals surface area contributed by atoms with Crippen molar-refractivity contribution < 1.29 is 105 Å². The normalized spacial score (nSPS) is 23.2. The van der Waals surface area contributed by atoms with E-state index in [0.29, 0.717) is 16.0 Å². The molecule has 1 amide bonds. The van der Waals surface area contributed by atoms with Crippen molar-refractivity contribution >= 4 is 99.5 Å². The van der Waals surface area contributed by atoms with Gasteiger partial charge in [-0.1, -0.05) is 221 Å². The monoisotopic (exact) mass is 1680 g/mol. The number of non-ortho nitro benzene ring substituents is 2. The minimum Gasteiger partial charge on any atom is -0.459 e. The number of ether oxygens (including phenoxy) is 14. The van der Waals surface area contributed by atoms with Gasteiger partial charge in [0.1, 0.15) is 86.2 Å². The second-order valence-electron chi connectivity index (χ2n) is 26.8. The van der Waals surface area contributed by atoms with Crippen LogP contribution in [0, 0.1) is 27.2 Å². The summed E-state index contributed by atoms with van der Waals surface area (Å²) in [6, 6.07) is 63.5. The van der Waals surface area contributed by atoms with Crippen molar-refractivity contribution in [2.75, 3.05) is 26.4 Å². The summed E-state index contributed by atoms with van der Waals surface area (Å²) >= 11 is 26.8. The van der Waals surface area contributed by atoms with Crippen molar-refractivity contribution in [1.82, 2.24) is 5.32 Å². The number of carbonyl (C=O) groups excluding carboxylic acids is 5. The molecule has 0 bridgehead atoms. The summed E-state index contributed by atoms with van der Waals surface area (Å²) in [5, 5.41) is 40.2. The smallest absolute Gasteiger partial charge is 0.407 e. The van der Waals surface area contributed by atoms with Crippen LogP contribution in [0.15, 0.2) is 254 Å². The highest BCUT2D eigenvalue weighted by molar-refractivity contribution is 7.99. The number of nitro benzene ring substituents is 2. The van der Waals surface area contributed by atoms with Crippen LogP contribution in [-0.4, -0.2) is 166 Å². The summed E-state index contributed by atoms with van der Waals surface area (Å²) in [5.74, 6) is -4.19. The van der Waals surface area contributed by atoms with Crippen LogP contribution in [0.5, 0.6) is 0 Å². The number of carbonyl (C=O) groups is 5. The molecule has 3 heterocycles. The number of alkyl halides is 3. The number of hydrogen-bond donors (Lipinski definition) is 2. The Morgan fingerprint density at radius 1 is 0.457 bits per heavy atom. The molecule has 0 spiro atoms. The Kier molecular flexibility index (Phi) is 30.4. The van der Waals surface area contributed by atoms with Gasteiger partial charge in [-0.2, -0.15) is 0 Å². The van der Waals surface area contributed by atoms with E-state index in [0.717, 1.165) is 77.0 Å². The lowest BCUT2D eigenvalue weighted by molar-refractivity contribution is -0.385. The van der Waals surface area contributed by atoms with E-state index in [2.05, 4.69) is 5.32 Å². The molecule has 606 valence electrons. The zero-order chi connectivity index (χ0) is 81.7. The SMILES string of the molecule is Cc1ccc(S[C@@H]2O[C@H](COC(=O)c3ccc([N+](=O)[O-])cc3)[C@H](OC(=O)c3ccc([N+](=O)[O-])cc3)[C@H](O[C@@H]3O[C@H](COC(=O)c4ccccc4)[C@H](OC(=O)c4ccccc4)[C@H](O[C@@H]4O[C@H](COCc5ccccc5)[C@H](OCc5ccccc5)[C@H](OCc5ccccc5)[C@H]4O)[C@H]3NC(=O)OCC(Cl)(Cl)Cl)[C@H]2OCc2ccccc2Cl)cc1. The molecule has 3 saturated heterocycles. The molecule has 3 aliphatic rings. The van der Waals surface area contributed by atoms with Crippen LogP contribution in [0.3, 0.4) is 0 Å². The summed E-state index contributed by atoms with van der Waals surface area (Å²) < 4.78 is 91.5. The maximum atomic E-state index is 15.2. The molecule has 0 radical (unpaired) electrons. The molecule has 32 heteroatoms. The van der Waals surface area contributed by atoms with E-state index in [1.165, 1.54) is 24.3 Å². The Labute approximate surface area is 689 Å². The van der Waals surface area contributed by atoms with E-state index >= 15 is 14.4 Å². The molecule has 15 atom stereocenters. The molecule has 0 saturated carbocycles. The zero-order valence-electron chi connectivity index (χ0n) is 61.6. The highest BCUT2D eigenvalue weighted by atomic mass is 35.6. The number of nitrogens with one attached hydrogen (secondary N) is 1. The Bertz CT molecular complexity index is 4730. The maximum absolute atomic E-state index is 15.2. The first-order valence-electron chi connectivity index (χ1n) is 36.4. The summed E-state index contributed by atoms with van der Waals surface area (Å²) in [6.45, 7) is -1.50. The van der Waals surface area contributed by atoms with Crippen LogP contribution in [0.25, 0.3) is 0 Å². The van der Waals surface area contributed by atoms with E-state index < -0.39 is 160 Å². The number of esters is 4. The highest BCUT2D eigenvalue weighted by Crippen LogP contribution is 2.42. The van der Waals surface area contributed by atoms with Gasteiger partial charge in [-0.05, 0) is 95.9 Å². The number of thioether (sulfide) groups is 1. The molecular weight excluding hydrogens is 1610 g/mol. The Morgan fingerprint density at radius 3 is 1.41 bits per heavy atom. The van der Waals surface area contributed by atoms with Crippen molar-refractivity contribution in [3.05, 3.63) is 324 Å². The Balaban J connectivity index is 1.04. The fourth-order valence-corrected chi connectivity index (χ4v) is 14.2. The van der Waals surface area contributed by atoms with Crippen molar-refractivity contribution in [3.63, 3.8) is 0 Å². The molecule has 0 unspecified atom stereocenters. The topological polar surface area (TPSA) is 333 Å². The van der Waals surface area contributed by atoms with E-state index in [-0.39, 0.29) is 66.0 Å². The van der Waals surface area contributed by atoms with Crippen LogP contribution < -0.4 is 5.32 Å². The lowest BCUT2D eigenvalue weighted by Crippen LogP contribution is -2.70. The van der Waals surface area contributed by atoms with Crippen LogP contribution in [0.2, 0.25) is 5.02 Å². The van der Waals surface area contributed by atoms with E-state index in [9.17, 15) is 34.9 Å². The number of aryl methyl sites for hydroxylation is 1. The number of aliphatic hydroxyl groups is 1. The van der Waals surface area contributed by atoms with Gasteiger partial charge in [0, 0.05) is 34.2 Å². The van der Waals surface area contributed by atoms with Crippen LogP contribution in [-0.2, 0) is 92.7 Å². The third-order valence-electron chi connectivity index (χ3n) is 18.6. The molecule has 9 aromatic carbocycles. The average Bonchev–Trinajstić information content (AvgIpc) is 0.755. The predicted molar refractivity (Wildman–Crippen MR) is 422 cm³/mol. The first-order chi connectivity index (χ1) is 56.1. The lowest BCUT2D eigenvalue weighted by Gasteiger charge is -2.51. The number of amides is 1. The number of alkyl carbamates (subject to hydrolysis) is 1. The summed E-state index contributed by atoms with van der Waals surface area (Å²) in [5.41, 5.74) is 0.913. The second-order valence-corrected chi connectivity index (χ2v) is 30.9. The molecule has 3 fully saturated rings. The number of hydrogen-bond acceptors (Lipinski definition) is 25. The largest absolute Gasteiger partial charge is 0.459 e. The average molecular weight is 1690 g/mol. The third-order valence-corrected chi connectivity index (χ3v) is 20.5. The first kappa shape index (κ1) is 85.4. The fraction of sp³-hybridized carbons (Fsp3) is 0.298. The molecule has 3 aliphatic heterocycles. The van der Waals surface area contributed by atoms with Gasteiger partial charge in [0.2, 0.25) is 3.79 Å². The first-order valence-corrected chi connectivity index (χ1v) is 38.8. The number of nitrogens with zero attached hydrogens (tertiary/aromatic N) is 2. The predicted octanol–water partition coefficient (Wildman–Crippen LogP) is 14.5. The second kappa shape index (κ2) is 41.2. The molecular formula is C84H77Cl4N3O24S. The molecule has 0 aliphatic carbocycles. The van der Waals surface area contributed by atoms with Gasteiger partial charge in [0.25, 0.3) is 11.4 Å².